The first-order valence-corrected chi connectivity index (χ1v) is 8.51. The molecular formula is C16H14F2N2O3S. The van der Waals surface area contributed by atoms with Crippen LogP contribution in [0.15, 0.2) is 65.7 Å². The molecule has 1 aliphatic rings. The van der Waals surface area contributed by atoms with E-state index in [0.717, 1.165) is 0 Å². The van der Waals surface area contributed by atoms with Gasteiger partial charge in [0.1, 0.15) is 0 Å². The molecule has 3 rings (SSSR count). The number of nitrogens with two attached hydrogens (primary N) is 1. The van der Waals surface area contributed by atoms with Crippen molar-refractivity contribution in [3.05, 3.63) is 71.9 Å². The standard InChI is InChI=1S/C16H14F2N2O3S/c17-15(18)16(12-4-2-1-3-5-12)14(10-20-23-16)11-6-8-13(9-7-11)24(19,21)22/h1-10,15,20H,(H2,19,21,22). The van der Waals surface area contributed by atoms with Gasteiger partial charge in [-0.2, -0.15) is 0 Å². The van der Waals surface area contributed by atoms with Crippen LogP contribution >= 0.6 is 0 Å². The summed E-state index contributed by atoms with van der Waals surface area (Å²) in [4.78, 5) is 5.12. The zero-order valence-corrected chi connectivity index (χ0v) is 13.1. The van der Waals surface area contributed by atoms with E-state index in [1.165, 1.54) is 30.5 Å². The number of primary sulfonamides is 1. The lowest BCUT2D eigenvalue weighted by Crippen LogP contribution is -2.37. The molecule has 3 N–H and O–H groups in total. The Hall–Kier alpha value is -2.29. The molecule has 0 spiro atoms. The Morgan fingerprint density at radius 2 is 1.67 bits per heavy atom. The van der Waals surface area contributed by atoms with Crippen LogP contribution in [-0.4, -0.2) is 14.8 Å². The molecule has 0 aromatic heterocycles. The van der Waals surface area contributed by atoms with Gasteiger partial charge in [0.05, 0.1) is 4.90 Å². The number of hydrogen-bond donors (Lipinski definition) is 2. The average molecular weight is 352 g/mol. The Labute approximate surface area is 137 Å². The van der Waals surface area contributed by atoms with E-state index in [0.29, 0.717) is 5.56 Å². The lowest BCUT2D eigenvalue weighted by atomic mass is 9.83. The van der Waals surface area contributed by atoms with Crippen LogP contribution < -0.4 is 10.6 Å². The zero-order chi connectivity index (χ0) is 17.4. The van der Waals surface area contributed by atoms with Crippen molar-refractivity contribution in [2.45, 2.75) is 16.9 Å². The van der Waals surface area contributed by atoms with Crippen molar-refractivity contribution in [2.75, 3.05) is 0 Å². The summed E-state index contributed by atoms with van der Waals surface area (Å²) in [5.41, 5.74) is 1.30. The number of sulfonamides is 1. The number of benzene rings is 2. The molecule has 0 saturated heterocycles. The Bertz CT molecular complexity index is 868. The summed E-state index contributed by atoms with van der Waals surface area (Å²) in [5, 5.41) is 5.05. The first-order valence-electron chi connectivity index (χ1n) is 6.97. The molecule has 24 heavy (non-hydrogen) atoms. The minimum Gasteiger partial charge on any atom is -0.272 e. The molecule has 1 aliphatic heterocycles. The molecule has 2 aromatic carbocycles. The van der Waals surface area contributed by atoms with Crippen LogP contribution in [0.5, 0.6) is 0 Å². The molecule has 0 aliphatic carbocycles. The topological polar surface area (TPSA) is 81.4 Å². The highest BCUT2D eigenvalue weighted by atomic mass is 32.2. The lowest BCUT2D eigenvalue weighted by Gasteiger charge is -2.30. The summed E-state index contributed by atoms with van der Waals surface area (Å²) in [6.45, 7) is 0. The number of hydrogen-bond acceptors (Lipinski definition) is 4. The third kappa shape index (κ3) is 2.68. The lowest BCUT2D eigenvalue weighted by molar-refractivity contribution is -0.125. The van der Waals surface area contributed by atoms with Crippen molar-refractivity contribution in [3.63, 3.8) is 0 Å². The van der Waals surface area contributed by atoms with E-state index in [1.54, 1.807) is 30.3 Å². The van der Waals surface area contributed by atoms with Crippen LogP contribution in [0, 0.1) is 0 Å². The molecule has 1 unspecified atom stereocenters. The number of halogens is 2. The molecule has 0 amide bonds. The van der Waals surface area contributed by atoms with Gasteiger partial charge in [-0.25, -0.2) is 22.3 Å². The maximum absolute atomic E-state index is 14.0. The third-order valence-electron chi connectivity index (χ3n) is 3.83. The minimum absolute atomic E-state index is 0.0962. The van der Waals surface area contributed by atoms with Crippen molar-refractivity contribution in [1.29, 1.82) is 0 Å². The van der Waals surface area contributed by atoms with Gasteiger partial charge >= 0.3 is 0 Å². The second-order valence-corrected chi connectivity index (χ2v) is 6.81. The fourth-order valence-electron chi connectivity index (χ4n) is 2.65. The van der Waals surface area contributed by atoms with Gasteiger partial charge in [-0.3, -0.25) is 10.3 Å². The maximum atomic E-state index is 14.0. The van der Waals surface area contributed by atoms with Crippen molar-refractivity contribution >= 4 is 15.6 Å². The monoisotopic (exact) mass is 352 g/mol. The molecule has 5 nitrogen and oxygen atoms in total. The van der Waals surface area contributed by atoms with Crippen LogP contribution in [0.3, 0.4) is 0 Å². The highest BCUT2D eigenvalue weighted by Gasteiger charge is 2.50. The second-order valence-electron chi connectivity index (χ2n) is 5.25. The first kappa shape index (κ1) is 16.6. The van der Waals surface area contributed by atoms with Crippen molar-refractivity contribution in [3.8, 4) is 0 Å². The van der Waals surface area contributed by atoms with Crippen LogP contribution in [0.25, 0.3) is 5.57 Å². The molecule has 0 bridgehead atoms. The molecule has 8 heteroatoms. The third-order valence-corrected chi connectivity index (χ3v) is 4.76. The average Bonchev–Trinajstić information content (AvgIpc) is 3.01. The Balaban J connectivity index is 2.09. The van der Waals surface area contributed by atoms with Gasteiger partial charge in [0.2, 0.25) is 15.6 Å². The molecular weight excluding hydrogens is 338 g/mol. The predicted molar refractivity (Wildman–Crippen MR) is 84.1 cm³/mol. The van der Waals surface area contributed by atoms with Gasteiger partial charge in [-0.15, -0.1) is 0 Å². The van der Waals surface area contributed by atoms with E-state index >= 15 is 0 Å². The van der Waals surface area contributed by atoms with E-state index in [9.17, 15) is 17.2 Å². The molecule has 126 valence electrons. The van der Waals surface area contributed by atoms with Gasteiger partial charge < -0.3 is 0 Å². The van der Waals surface area contributed by atoms with Crippen LogP contribution in [0.1, 0.15) is 11.1 Å². The quantitative estimate of drug-likeness (QED) is 0.885. The number of hydroxylamine groups is 1. The van der Waals surface area contributed by atoms with Crippen LogP contribution in [0.4, 0.5) is 8.78 Å². The summed E-state index contributed by atoms with van der Waals surface area (Å²) < 4.78 is 50.6. The fraction of sp³-hybridized carbons (Fsp3) is 0.125. The van der Waals surface area contributed by atoms with E-state index < -0.39 is 22.0 Å². The second kappa shape index (κ2) is 5.97. The molecule has 0 saturated carbocycles. The zero-order valence-electron chi connectivity index (χ0n) is 12.3. The highest BCUT2D eigenvalue weighted by Crippen LogP contribution is 2.46. The summed E-state index contributed by atoms with van der Waals surface area (Å²) in [6, 6.07) is 13.5. The van der Waals surface area contributed by atoms with Crippen molar-refractivity contribution in [2.24, 2.45) is 5.14 Å². The molecule has 0 fully saturated rings. The highest BCUT2D eigenvalue weighted by molar-refractivity contribution is 7.89. The van der Waals surface area contributed by atoms with E-state index in [-0.39, 0.29) is 16.0 Å². The largest absolute Gasteiger partial charge is 0.278 e. The van der Waals surface area contributed by atoms with E-state index in [2.05, 4.69) is 5.48 Å². The van der Waals surface area contributed by atoms with Crippen molar-refractivity contribution in [1.82, 2.24) is 5.48 Å². The Morgan fingerprint density at radius 1 is 1.04 bits per heavy atom. The normalized spacial score (nSPS) is 20.8. The molecule has 1 atom stereocenters. The smallest absolute Gasteiger partial charge is 0.272 e. The Morgan fingerprint density at radius 3 is 2.21 bits per heavy atom. The Kier molecular flexibility index (Phi) is 4.12. The summed E-state index contributed by atoms with van der Waals surface area (Å²) in [5.74, 6) is 0. The fourth-order valence-corrected chi connectivity index (χ4v) is 3.17. The summed E-state index contributed by atoms with van der Waals surface area (Å²) in [6.07, 6.45) is -1.51. The maximum Gasteiger partial charge on any atom is 0.278 e. The summed E-state index contributed by atoms with van der Waals surface area (Å²) in [7, 11) is -3.85. The molecule has 1 heterocycles. The first-order chi connectivity index (χ1) is 11.4. The van der Waals surface area contributed by atoms with Crippen LogP contribution in [0.2, 0.25) is 0 Å². The molecule has 2 aromatic rings. The molecule has 0 radical (unpaired) electrons. The van der Waals surface area contributed by atoms with Crippen LogP contribution in [-0.2, 0) is 20.5 Å². The van der Waals surface area contributed by atoms with Gasteiger partial charge in [-0.05, 0) is 23.3 Å². The van der Waals surface area contributed by atoms with E-state index in [4.69, 9.17) is 9.98 Å². The van der Waals surface area contributed by atoms with Gasteiger partial charge in [0.25, 0.3) is 6.43 Å². The summed E-state index contributed by atoms with van der Waals surface area (Å²) >= 11 is 0. The van der Waals surface area contributed by atoms with Gasteiger partial charge in [-0.1, -0.05) is 42.5 Å². The van der Waals surface area contributed by atoms with Gasteiger partial charge in [0.15, 0.2) is 0 Å². The van der Waals surface area contributed by atoms with Gasteiger partial charge in [0, 0.05) is 11.8 Å². The number of alkyl halides is 2. The SMILES string of the molecule is NS(=O)(=O)c1ccc(C2=CNOC2(c2ccccc2)C(F)F)cc1. The minimum atomic E-state index is -3.85. The predicted octanol–water partition coefficient (Wildman–Crippen LogP) is 2.37. The number of rotatable bonds is 4. The number of nitrogens with one attached hydrogen (secondary N) is 1. The van der Waals surface area contributed by atoms with E-state index in [1.807, 2.05) is 0 Å². The van der Waals surface area contributed by atoms with Crippen molar-refractivity contribution < 1.29 is 22.0 Å².